The molecule has 1 aliphatic rings. The summed E-state index contributed by atoms with van der Waals surface area (Å²) in [4.78, 5) is 12.3. The van der Waals surface area contributed by atoms with Gasteiger partial charge >= 0.3 is 0 Å². The van der Waals surface area contributed by atoms with Crippen molar-refractivity contribution >= 4 is 17.2 Å². The molecule has 1 N–H and O–H groups in total. The summed E-state index contributed by atoms with van der Waals surface area (Å²) in [7, 11) is 0. The third-order valence-electron chi connectivity index (χ3n) is 5.00. The van der Waals surface area contributed by atoms with Gasteiger partial charge in [-0.1, -0.05) is 18.2 Å². The van der Waals surface area contributed by atoms with E-state index in [0.29, 0.717) is 38.0 Å². The highest BCUT2D eigenvalue weighted by molar-refractivity contribution is 5.76. The minimum atomic E-state index is -0.516. The van der Waals surface area contributed by atoms with Crippen molar-refractivity contribution in [2.75, 3.05) is 37.8 Å². The standard InChI is InChI=1S/C22H20N6O5/c23-14-19(20(29)15-33-18-8-6-17(7-9-18)28(30)31)21-24-25-22(26-10-12-32-13-11-26)27(21)16-4-2-1-3-5-16/h1-9,29H,10-13,15H2. The maximum atomic E-state index is 10.8. The number of hydrogen-bond donors (Lipinski definition) is 1. The first-order valence-corrected chi connectivity index (χ1v) is 10.1. The van der Waals surface area contributed by atoms with Crippen LogP contribution >= 0.6 is 0 Å². The minimum absolute atomic E-state index is 0.0774. The summed E-state index contributed by atoms with van der Waals surface area (Å²) in [5.74, 6) is 0.684. The van der Waals surface area contributed by atoms with Crippen molar-refractivity contribution in [1.29, 1.82) is 5.26 Å². The van der Waals surface area contributed by atoms with Gasteiger partial charge in [0, 0.05) is 25.2 Å². The smallest absolute Gasteiger partial charge is 0.269 e. The molecular weight excluding hydrogens is 428 g/mol. The van der Waals surface area contributed by atoms with E-state index in [2.05, 4.69) is 10.2 Å². The molecule has 0 atom stereocenters. The normalized spacial score (nSPS) is 14.3. The zero-order valence-electron chi connectivity index (χ0n) is 17.5. The second kappa shape index (κ2) is 9.80. The second-order valence-corrected chi connectivity index (χ2v) is 7.07. The molecule has 2 heterocycles. The van der Waals surface area contributed by atoms with Gasteiger partial charge in [-0.05, 0) is 24.3 Å². The van der Waals surface area contributed by atoms with Gasteiger partial charge in [-0.3, -0.25) is 14.7 Å². The Labute approximate surface area is 188 Å². The summed E-state index contributed by atoms with van der Waals surface area (Å²) in [5, 5.41) is 39.8. The number of aliphatic hydroxyl groups is 1. The van der Waals surface area contributed by atoms with Gasteiger partial charge in [-0.15, -0.1) is 10.2 Å². The molecule has 2 aromatic carbocycles. The van der Waals surface area contributed by atoms with Gasteiger partial charge < -0.3 is 19.5 Å². The van der Waals surface area contributed by atoms with Crippen LogP contribution in [0.3, 0.4) is 0 Å². The molecule has 0 bridgehead atoms. The monoisotopic (exact) mass is 448 g/mol. The largest absolute Gasteiger partial charge is 0.507 e. The van der Waals surface area contributed by atoms with Crippen molar-refractivity contribution in [2.24, 2.45) is 0 Å². The van der Waals surface area contributed by atoms with Crippen LogP contribution in [-0.2, 0) is 4.74 Å². The molecule has 0 unspecified atom stereocenters. The molecular formula is C22H20N6O5. The predicted octanol–water partition coefficient (Wildman–Crippen LogP) is 2.88. The van der Waals surface area contributed by atoms with E-state index in [1.54, 1.807) is 4.57 Å². The number of nitro benzene ring substituents is 1. The Balaban J connectivity index is 1.66. The highest BCUT2D eigenvalue weighted by atomic mass is 16.6. The van der Waals surface area contributed by atoms with Crippen LogP contribution in [-0.4, -0.2) is 57.7 Å². The van der Waals surface area contributed by atoms with E-state index in [-0.39, 0.29) is 29.5 Å². The first-order valence-electron chi connectivity index (χ1n) is 10.1. The third kappa shape index (κ3) is 4.76. The van der Waals surface area contributed by atoms with Crippen LogP contribution < -0.4 is 9.64 Å². The predicted molar refractivity (Wildman–Crippen MR) is 118 cm³/mol. The Morgan fingerprint density at radius 2 is 1.85 bits per heavy atom. The lowest BCUT2D eigenvalue weighted by molar-refractivity contribution is -0.384. The van der Waals surface area contributed by atoms with Gasteiger partial charge in [0.25, 0.3) is 5.69 Å². The number of benzene rings is 2. The fourth-order valence-corrected chi connectivity index (χ4v) is 3.35. The fraction of sp³-hybridized carbons (Fsp3) is 0.227. The van der Waals surface area contributed by atoms with Crippen LogP contribution in [0.4, 0.5) is 11.6 Å². The Morgan fingerprint density at radius 3 is 2.48 bits per heavy atom. The van der Waals surface area contributed by atoms with E-state index in [1.165, 1.54) is 24.3 Å². The number of hydrogen-bond acceptors (Lipinski definition) is 9. The van der Waals surface area contributed by atoms with Crippen molar-refractivity contribution in [3.05, 3.63) is 76.3 Å². The molecule has 1 saturated heterocycles. The molecule has 0 radical (unpaired) electrons. The zero-order valence-corrected chi connectivity index (χ0v) is 17.5. The number of nitrogens with zero attached hydrogens (tertiary/aromatic N) is 6. The van der Waals surface area contributed by atoms with E-state index < -0.39 is 4.92 Å². The summed E-state index contributed by atoms with van der Waals surface area (Å²) in [6.45, 7) is 2.01. The number of rotatable bonds is 7. The average Bonchev–Trinajstić information content (AvgIpc) is 3.29. The van der Waals surface area contributed by atoms with Crippen LogP contribution in [0, 0.1) is 21.4 Å². The number of nitriles is 1. The summed E-state index contributed by atoms with van der Waals surface area (Å²) in [6, 6.07) is 16.7. The quantitative estimate of drug-likeness (QED) is 0.250. The van der Waals surface area contributed by atoms with E-state index in [4.69, 9.17) is 9.47 Å². The summed E-state index contributed by atoms with van der Waals surface area (Å²) in [5.41, 5.74) is 0.565. The van der Waals surface area contributed by atoms with Gasteiger partial charge in [-0.25, -0.2) is 0 Å². The van der Waals surface area contributed by atoms with Crippen LogP contribution in [0.5, 0.6) is 5.75 Å². The lowest BCUT2D eigenvalue weighted by Crippen LogP contribution is -2.38. The van der Waals surface area contributed by atoms with Crippen molar-refractivity contribution in [3.63, 3.8) is 0 Å². The summed E-state index contributed by atoms with van der Waals surface area (Å²) < 4.78 is 12.6. The molecule has 11 nitrogen and oxygen atoms in total. The lowest BCUT2D eigenvalue weighted by atomic mass is 10.2. The molecule has 168 valence electrons. The van der Waals surface area contributed by atoms with Crippen LogP contribution in [0.2, 0.25) is 0 Å². The number of non-ortho nitro benzene ring substituents is 1. The van der Waals surface area contributed by atoms with E-state index >= 15 is 0 Å². The number of aromatic nitrogens is 3. The first-order chi connectivity index (χ1) is 16.1. The molecule has 33 heavy (non-hydrogen) atoms. The van der Waals surface area contributed by atoms with Crippen molar-refractivity contribution in [1.82, 2.24) is 14.8 Å². The van der Waals surface area contributed by atoms with Crippen molar-refractivity contribution < 1.29 is 19.5 Å². The number of ether oxygens (including phenoxy) is 2. The molecule has 0 spiro atoms. The molecule has 3 aromatic rings. The molecule has 1 fully saturated rings. The van der Waals surface area contributed by atoms with Crippen LogP contribution in [0.1, 0.15) is 5.82 Å². The number of para-hydroxylation sites is 1. The highest BCUT2D eigenvalue weighted by Crippen LogP contribution is 2.27. The summed E-state index contributed by atoms with van der Waals surface area (Å²) in [6.07, 6.45) is 0. The lowest BCUT2D eigenvalue weighted by Gasteiger charge is -2.28. The van der Waals surface area contributed by atoms with Crippen LogP contribution in [0.25, 0.3) is 11.3 Å². The molecule has 11 heteroatoms. The second-order valence-electron chi connectivity index (χ2n) is 7.07. The highest BCUT2D eigenvalue weighted by Gasteiger charge is 2.25. The molecule has 4 rings (SSSR count). The molecule has 0 saturated carbocycles. The topological polar surface area (TPSA) is 140 Å². The Hall–Kier alpha value is -4.43. The maximum absolute atomic E-state index is 10.8. The fourth-order valence-electron chi connectivity index (χ4n) is 3.35. The maximum Gasteiger partial charge on any atom is 0.269 e. The number of aliphatic hydroxyl groups excluding tert-OH is 1. The Kier molecular flexibility index (Phi) is 6.47. The average molecular weight is 448 g/mol. The Morgan fingerprint density at radius 1 is 1.15 bits per heavy atom. The van der Waals surface area contributed by atoms with Gasteiger partial charge in [0.2, 0.25) is 5.95 Å². The number of anilines is 1. The van der Waals surface area contributed by atoms with E-state index in [1.807, 2.05) is 41.3 Å². The number of nitro groups is 1. The molecule has 0 amide bonds. The van der Waals surface area contributed by atoms with E-state index in [9.17, 15) is 20.5 Å². The van der Waals surface area contributed by atoms with Gasteiger partial charge in [-0.2, -0.15) is 5.26 Å². The first kappa shape index (κ1) is 21.8. The van der Waals surface area contributed by atoms with Gasteiger partial charge in [0.15, 0.2) is 11.6 Å². The van der Waals surface area contributed by atoms with E-state index in [0.717, 1.165) is 5.69 Å². The van der Waals surface area contributed by atoms with Crippen molar-refractivity contribution in [2.45, 2.75) is 0 Å². The van der Waals surface area contributed by atoms with Gasteiger partial charge in [0.1, 0.15) is 24.0 Å². The molecule has 1 aromatic heterocycles. The zero-order chi connectivity index (χ0) is 23.2. The number of morpholine rings is 1. The molecule has 0 aliphatic carbocycles. The van der Waals surface area contributed by atoms with Gasteiger partial charge in [0.05, 0.1) is 23.8 Å². The van der Waals surface area contributed by atoms with Crippen molar-refractivity contribution in [3.8, 4) is 17.5 Å². The number of allylic oxidation sites excluding steroid dienone is 1. The molecule has 1 aliphatic heterocycles. The minimum Gasteiger partial charge on any atom is -0.507 e. The van der Waals surface area contributed by atoms with Crippen LogP contribution in [0.15, 0.2) is 60.4 Å². The third-order valence-corrected chi connectivity index (χ3v) is 5.00. The Bertz CT molecular complexity index is 1190. The SMILES string of the molecule is N#CC(=C(O)COc1ccc([N+](=O)[O-])cc1)c1nnc(N2CCOCC2)n1-c1ccccc1. The summed E-state index contributed by atoms with van der Waals surface area (Å²) >= 11 is 0.